The molecule has 1 rings (SSSR count). The summed E-state index contributed by atoms with van der Waals surface area (Å²) in [6, 6.07) is 0. The van der Waals surface area contributed by atoms with Gasteiger partial charge in [0.15, 0.2) is 0 Å². The number of hydrogen-bond acceptors (Lipinski definition) is 1. The first-order chi connectivity index (χ1) is 4.33. The second-order valence-electron chi connectivity index (χ2n) is 2.47. The van der Waals surface area contributed by atoms with Crippen LogP contribution in [0, 0.1) is 5.92 Å². The fraction of sp³-hybridized carbons (Fsp3) is 0.714. The summed E-state index contributed by atoms with van der Waals surface area (Å²) in [4.78, 5) is 0. The van der Waals surface area contributed by atoms with Crippen LogP contribution in [0.5, 0.6) is 0 Å². The number of rotatable bonds is 1. The lowest BCUT2D eigenvalue weighted by molar-refractivity contribution is 0.212. The molecule has 9 heavy (non-hydrogen) atoms. The van der Waals surface area contributed by atoms with E-state index in [0.29, 0.717) is 18.8 Å². The smallest absolute Gasteiger partial charge is 0.0960 e. The van der Waals surface area contributed by atoms with Crippen molar-refractivity contribution in [2.75, 3.05) is 6.61 Å². The molecule has 0 saturated heterocycles. The minimum absolute atomic E-state index is 0.0142. The van der Waals surface area contributed by atoms with Gasteiger partial charge in [-0.3, -0.25) is 0 Å². The predicted molar refractivity (Wildman–Crippen MR) is 33.6 cm³/mol. The van der Waals surface area contributed by atoms with Crippen LogP contribution < -0.4 is 0 Å². The number of halogens is 1. The summed E-state index contributed by atoms with van der Waals surface area (Å²) in [7, 11) is 0. The lowest BCUT2D eigenvalue weighted by Gasteiger charge is -2.14. The highest BCUT2D eigenvalue weighted by Crippen LogP contribution is 2.23. The quantitative estimate of drug-likeness (QED) is 0.572. The van der Waals surface area contributed by atoms with Crippen LogP contribution in [0.3, 0.4) is 0 Å². The summed E-state index contributed by atoms with van der Waals surface area (Å²) in [6.07, 6.45) is 3.61. The second kappa shape index (κ2) is 2.97. The van der Waals surface area contributed by atoms with Gasteiger partial charge < -0.3 is 5.11 Å². The van der Waals surface area contributed by atoms with Crippen molar-refractivity contribution in [3.8, 4) is 0 Å². The molecular formula is C7H11FO. The normalized spacial score (nSPS) is 27.8. The molecule has 1 aliphatic carbocycles. The molecule has 0 saturated carbocycles. The van der Waals surface area contributed by atoms with E-state index in [1.807, 2.05) is 0 Å². The molecule has 2 heteroatoms. The predicted octanol–water partition coefficient (Wildman–Crippen LogP) is 1.63. The topological polar surface area (TPSA) is 20.2 Å². The monoisotopic (exact) mass is 130 g/mol. The van der Waals surface area contributed by atoms with Gasteiger partial charge in [0.2, 0.25) is 0 Å². The average molecular weight is 130 g/mol. The van der Waals surface area contributed by atoms with E-state index < -0.39 is 0 Å². The molecule has 0 aromatic rings. The third-order valence-electron chi connectivity index (χ3n) is 1.72. The number of hydrogen-bond donors (Lipinski definition) is 1. The maximum Gasteiger partial charge on any atom is 0.0960 e. The molecule has 1 atom stereocenters. The van der Waals surface area contributed by atoms with Crippen LogP contribution in [0.1, 0.15) is 19.3 Å². The largest absolute Gasteiger partial charge is 0.396 e. The van der Waals surface area contributed by atoms with E-state index in [4.69, 9.17) is 5.11 Å². The highest BCUT2D eigenvalue weighted by Gasteiger charge is 2.12. The van der Waals surface area contributed by atoms with E-state index in [0.717, 1.165) is 6.42 Å². The van der Waals surface area contributed by atoms with Crippen molar-refractivity contribution >= 4 is 0 Å². The molecule has 0 heterocycles. The van der Waals surface area contributed by atoms with Crippen molar-refractivity contribution < 1.29 is 9.50 Å². The van der Waals surface area contributed by atoms with E-state index in [-0.39, 0.29) is 12.4 Å². The van der Waals surface area contributed by atoms with Crippen LogP contribution >= 0.6 is 0 Å². The molecule has 0 aliphatic heterocycles. The number of aliphatic hydroxyl groups is 1. The fourth-order valence-electron chi connectivity index (χ4n) is 1.02. The van der Waals surface area contributed by atoms with Crippen molar-refractivity contribution in [1.29, 1.82) is 0 Å². The summed E-state index contributed by atoms with van der Waals surface area (Å²) in [6.45, 7) is 0.198. The van der Waals surface area contributed by atoms with Gasteiger partial charge >= 0.3 is 0 Å². The average Bonchev–Trinajstić information content (AvgIpc) is 1.90. The first kappa shape index (κ1) is 6.75. The SMILES string of the molecule is OCC1CC=C(F)CC1. The van der Waals surface area contributed by atoms with Gasteiger partial charge in [-0.25, -0.2) is 4.39 Å². The molecule has 1 nitrogen and oxygen atoms in total. The van der Waals surface area contributed by atoms with Gasteiger partial charge in [0.25, 0.3) is 0 Å². The zero-order chi connectivity index (χ0) is 6.69. The van der Waals surface area contributed by atoms with Crippen molar-refractivity contribution in [1.82, 2.24) is 0 Å². The summed E-state index contributed by atoms with van der Waals surface area (Å²) in [5.74, 6) is 0.296. The lowest BCUT2D eigenvalue weighted by Crippen LogP contribution is -2.08. The van der Waals surface area contributed by atoms with Gasteiger partial charge in [-0.2, -0.15) is 0 Å². The Kier molecular flexibility index (Phi) is 2.22. The summed E-state index contributed by atoms with van der Waals surface area (Å²) in [5.41, 5.74) is 0. The summed E-state index contributed by atoms with van der Waals surface area (Å²) >= 11 is 0. The molecule has 0 bridgehead atoms. The minimum atomic E-state index is -0.0142. The van der Waals surface area contributed by atoms with Crippen LogP contribution in [0.15, 0.2) is 11.9 Å². The fourth-order valence-corrected chi connectivity index (χ4v) is 1.02. The molecule has 0 spiro atoms. The molecule has 1 unspecified atom stereocenters. The number of aliphatic hydroxyl groups excluding tert-OH is 1. The zero-order valence-electron chi connectivity index (χ0n) is 5.31. The third kappa shape index (κ3) is 1.79. The number of allylic oxidation sites excluding steroid dienone is 2. The van der Waals surface area contributed by atoms with Crippen molar-refractivity contribution in [3.05, 3.63) is 11.9 Å². The standard InChI is InChI=1S/C7H11FO/c8-7-3-1-6(5-9)2-4-7/h3,6,9H,1-2,4-5H2. The van der Waals surface area contributed by atoms with Crippen LogP contribution in [-0.4, -0.2) is 11.7 Å². The van der Waals surface area contributed by atoms with E-state index in [1.54, 1.807) is 6.08 Å². The van der Waals surface area contributed by atoms with E-state index in [2.05, 4.69) is 0 Å². The molecule has 0 aromatic heterocycles. The molecular weight excluding hydrogens is 119 g/mol. The molecule has 0 radical (unpaired) electrons. The van der Waals surface area contributed by atoms with E-state index >= 15 is 0 Å². The molecule has 52 valence electrons. The Morgan fingerprint density at radius 3 is 3.00 bits per heavy atom. The van der Waals surface area contributed by atoms with Crippen LogP contribution in [0.2, 0.25) is 0 Å². The third-order valence-corrected chi connectivity index (χ3v) is 1.72. The first-order valence-electron chi connectivity index (χ1n) is 3.28. The second-order valence-corrected chi connectivity index (χ2v) is 2.47. The Morgan fingerprint density at radius 1 is 1.78 bits per heavy atom. The lowest BCUT2D eigenvalue weighted by atomic mass is 9.95. The van der Waals surface area contributed by atoms with E-state index in [1.165, 1.54) is 0 Å². The molecule has 1 aliphatic rings. The van der Waals surface area contributed by atoms with Crippen molar-refractivity contribution in [2.24, 2.45) is 5.92 Å². The minimum Gasteiger partial charge on any atom is -0.396 e. The van der Waals surface area contributed by atoms with Gasteiger partial charge in [0.1, 0.15) is 0 Å². The Labute approximate surface area is 54.2 Å². The molecule has 0 aromatic carbocycles. The van der Waals surface area contributed by atoms with Crippen LogP contribution in [0.25, 0.3) is 0 Å². The van der Waals surface area contributed by atoms with Gasteiger partial charge in [0, 0.05) is 6.61 Å². The zero-order valence-corrected chi connectivity index (χ0v) is 5.31. The molecule has 0 amide bonds. The Bertz CT molecular complexity index is 120. The van der Waals surface area contributed by atoms with Crippen molar-refractivity contribution in [3.63, 3.8) is 0 Å². The maximum absolute atomic E-state index is 12.3. The summed E-state index contributed by atoms with van der Waals surface area (Å²) in [5, 5.41) is 8.63. The van der Waals surface area contributed by atoms with Gasteiger partial charge in [-0.15, -0.1) is 0 Å². The Hall–Kier alpha value is -0.370. The maximum atomic E-state index is 12.3. The van der Waals surface area contributed by atoms with Gasteiger partial charge in [-0.1, -0.05) is 6.08 Å². The molecule has 1 N–H and O–H groups in total. The van der Waals surface area contributed by atoms with Crippen LogP contribution in [-0.2, 0) is 0 Å². The highest BCUT2D eigenvalue weighted by atomic mass is 19.1. The molecule has 0 fully saturated rings. The van der Waals surface area contributed by atoms with E-state index in [9.17, 15) is 4.39 Å². The summed E-state index contributed by atoms with van der Waals surface area (Å²) < 4.78 is 12.3. The Morgan fingerprint density at radius 2 is 2.56 bits per heavy atom. The van der Waals surface area contributed by atoms with Crippen LogP contribution in [0.4, 0.5) is 4.39 Å². The van der Waals surface area contributed by atoms with Gasteiger partial charge in [-0.05, 0) is 25.2 Å². The van der Waals surface area contributed by atoms with Crippen molar-refractivity contribution in [2.45, 2.75) is 19.3 Å². The highest BCUT2D eigenvalue weighted by molar-refractivity contribution is 4.97. The first-order valence-corrected chi connectivity index (χ1v) is 3.28. The Balaban J connectivity index is 2.36. The van der Waals surface area contributed by atoms with Gasteiger partial charge in [0.05, 0.1) is 5.83 Å².